The van der Waals surface area contributed by atoms with Gasteiger partial charge >= 0.3 is 0 Å². The number of aryl methyl sites for hydroxylation is 1. The van der Waals surface area contributed by atoms with Crippen molar-refractivity contribution in [3.63, 3.8) is 0 Å². The van der Waals surface area contributed by atoms with E-state index in [0.29, 0.717) is 6.42 Å². The molecule has 0 fully saturated rings. The molecule has 90 valence electrons. The first-order valence-electron chi connectivity index (χ1n) is 5.46. The maximum Gasteiger partial charge on any atom is 0.123 e. The van der Waals surface area contributed by atoms with Crippen molar-refractivity contribution >= 4 is 11.3 Å². The fraction of sp³-hybridized carbons (Fsp3) is 0.308. The molecule has 2 nitrogen and oxygen atoms in total. The van der Waals surface area contributed by atoms with E-state index in [4.69, 9.17) is 0 Å². The van der Waals surface area contributed by atoms with Gasteiger partial charge in [0.15, 0.2) is 0 Å². The number of nitrogens with zero attached hydrogens (tertiary/aromatic N) is 1. The van der Waals surface area contributed by atoms with Crippen molar-refractivity contribution < 1.29 is 9.50 Å². The first-order chi connectivity index (χ1) is 8.19. The summed E-state index contributed by atoms with van der Waals surface area (Å²) in [7, 11) is 0. The van der Waals surface area contributed by atoms with E-state index in [1.807, 2.05) is 12.3 Å². The Morgan fingerprint density at radius 3 is 2.59 bits per heavy atom. The molecule has 0 spiro atoms. The summed E-state index contributed by atoms with van der Waals surface area (Å²) in [5.74, 6) is -0.271. The Labute approximate surface area is 104 Å². The van der Waals surface area contributed by atoms with Crippen molar-refractivity contribution in [1.29, 1.82) is 0 Å². The van der Waals surface area contributed by atoms with Gasteiger partial charge in [-0.15, -0.1) is 11.3 Å². The Morgan fingerprint density at radius 1 is 1.35 bits per heavy atom. The van der Waals surface area contributed by atoms with E-state index in [1.165, 1.54) is 12.1 Å². The lowest BCUT2D eigenvalue weighted by Gasteiger charge is -2.13. The van der Waals surface area contributed by atoms with Crippen molar-refractivity contribution in [1.82, 2.24) is 4.98 Å². The topological polar surface area (TPSA) is 33.1 Å². The lowest BCUT2D eigenvalue weighted by Crippen LogP contribution is -2.08. The summed E-state index contributed by atoms with van der Waals surface area (Å²) in [6.07, 6.45) is 0.687. The summed E-state index contributed by atoms with van der Waals surface area (Å²) in [5, 5.41) is 12.4. The summed E-state index contributed by atoms with van der Waals surface area (Å²) in [4.78, 5) is 4.37. The van der Waals surface area contributed by atoms with Crippen LogP contribution in [0.5, 0.6) is 0 Å². The van der Waals surface area contributed by atoms with Crippen LogP contribution in [-0.4, -0.2) is 16.7 Å². The molecule has 2 rings (SSSR count). The average Bonchev–Trinajstić information content (AvgIpc) is 2.73. The van der Waals surface area contributed by atoms with Gasteiger partial charge in [0.1, 0.15) is 5.82 Å². The molecule has 1 heterocycles. The molecule has 4 heteroatoms. The number of rotatable bonds is 4. The quantitative estimate of drug-likeness (QED) is 0.906. The third-order valence-electron chi connectivity index (χ3n) is 2.68. The number of thiazole rings is 1. The van der Waals surface area contributed by atoms with Gasteiger partial charge in [-0.1, -0.05) is 12.1 Å². The fourth-order valence-corrected chi connectivity index (χ4v) is 2.40. The van der Waals surface area contributed by atoms with Gasteiger partial charge in [-0.25, -0.2) is 9.37 Å². The zero-order valence-corrected chi connectivity index (χ0v) is 10.4. The highest BCUT2D eigenvalue weighted by molar-refractivity contribution is 7.09. The monoisotopic (exact) mass is 251 g/mol. The molecule has 1 aromatic carbocycles. The standard InChI is InChI=1S/C13H14FNOS/c1-9-15-13(8-17-9)6-11(7-16)10-2-4-12(14)5-3-10/h2-5,8,11,16H,6-7H2,1H3. The Kier molecular flexibility index (Phi) is 3.86. The van der Waals surface area contributed by atoms with Gasteiger partial charge in [-0.3, -0.25) is 0 Å². The summed E-state index contributed by atoms with van der Waals surface area (Å²) in [5.41, 5.74) is 1.93. The van der Waals surface area contributed by atoms with Gasteiger partial charge in [0.05, 0.1) is 17.3 Å². The predicted molar refractivity (Wildman–Crippen MR) is 66.8 cm³/mol. The Balaban J connectivity index is 2.13. The lowest BCUT2D eigenvalue weighted by atomic mass is 9.95. The number of halogens is 1. The van der Waals surface area contributed by atoms with E-state index in [0.717, 1.165) is 16.3 Å². The number of hydrogen-bond acceptors (Lipinski definition) is 3. The van der Waals surface area contributed by atoms with Crippen LogP contribution in [0.15, 0.2) is 29.6 Å². The van der Waals surface area contributed by atoms with Crippen LogP contribution in [0.3, 0.4) is 0 Å². The zero-order valence-electron chi connectivity index (χ0n) is 9.56. The first kappa shape index (κ1) is 12.2. The van der Waals surface area contributed by atoms with Crippen LogP contribution in [0.25, 0.3) is 0 Å². The molecule has 0 aliphatic carbocycles. The normalized spacial score (nSPS) is 12.6. The SMILES string of the molecule is Cc1nc(CC(CO)c2ccc(F)cc2)cs1. The average molecular weight is 251 g/mol. The summed E-state index contributed by atoms with van der Waals surface area (Å²) >= 11 is 1.60. The second-order valence-electron chi connectivity index (χ2n) is 3.99. The number of hydrogen-bond donors (Lipinski definition) is 1. The number of aromatic nitrogens is 1. The predicted octanol–water partition coefficient (Wildman–Crippen LogP) is 2.91. The van der Waals surface area contributed by atoms with Gasteiger partial charge in [-0.05, 0) is 31.0 Å². The van der Waals surface area contributed by atoms with Crippen LogP contribution in [0.1, 0.15) is 22.2 Å². The Hall–Kier alpha value is -1.26. The van der Waals surface area contributed by atoms with Crippen LogP contribution in [0.4, 0.5) is 4.39 Å². The molecule has 0 saturated carbocycles. The molecule has 2 aromatic rings. The minimum Gasteiger partial charge on any atom is -0.396 e. The van der Waals surface area contributed by atoms with Gasteiger partial charge in [-0.2, -0.15) is 0 Å². The maximum atomic E-state index is 12.8. The third kappa shape index (κ3) is 3.11. The molecular formula is C13H14FNOS. The molecular weight excluding hydrogens is 237 g/mol. The van der Waals surface area contributed by atoms with Gasteiger partial charge < -0.3 is 5.11 Å². The van der Waals surface area contributed by atoms with Crippen molar-refractivity contribution in [2.24, 2.45) is 0 Å². The van der Waals surface area contributed by atoms with Crippen molar-refractivity contribution in [2.45, 2.75) is 19.3 Å². The zero-order chi connectivity index (χ0) is 12.3. The summed E-state index contributed by atoms with van der Waals surface area (Å²) < 4.78 is 12.8. The summed E-state index contributed by atoms with van der Waals surface area (Å²) in [6.45, 7) is 2.00. The van der Waals surface area contributed by atoms with Crippen molar-refractivity contribution in [3.05, 3.63) is 51.7 Å². The molecule has 17 heavy (non-hydrogen) atoms. The highest BCUT2D eigenvalue weighted by Crippen LogP contribution is 2.21. The van der Waals surface area contributed by atoms with Gasteiger partial charge in [0.25, 0.3) is 0 Å². The van der Waals surface area contributed by atoms with Gasteiger partial charge in [0, 0.05) is 11.3 Å². The molecule has 0 radical (unpaired) electrons. The molecule has 0 saturated heterocycles. The first-order valence-corrected chi connectivity index (χ1v) is 6.34. The van der Waals surface area contributed by atoms with Crippen LogP contribution in [0, 0.1) is 12.7 Å². The third-order valence-corrected chi connectivity index (χ3v) is 3.51. The molecule has 0 aliphatic rings. The van der Waals surface area contributed by atoms with Crippen LogP contribution >= 0.6 is 11.3 Å². The van der Waals surface area contributed by atoms with E-state index in [2.05, 4.69) is 4.98 Å². The molecule has 1 unspecified atom stereocenters. The molecule has 1 N–H and O–H groups in total. The largest absolute Gasteiger partial charge is 0.396 e. The number of aliphatic hydroxyl groups is 1. The van der Waals surface area contributed by atoms with E-state index in [-0.39, 0.29) is 18.3 Å². The minimum absolute atomic E-state index is 0.0166. The molecule has 0 aliphatic heterocycles. The molecule has 0 amide bonds. The molecule has 0 bridgehead atoms. The van der Waals surface area contributed by atoms with E-state index in [1.54, 1.807) is 23.5 Å². The van der Waals surface area contributed by atoms with Crippen LogP contribution < -0.4 is 0 Å². The molecule has 1 atom stereocenters. The van der Waals surface area contributed by atoms with E-state index >= 15 is 0 Å². The summed E-state index contributed by atoms with van der Waals surface area (Å²) in [6, 6.07) is 6.28. The number of aliphatic hydroxyl groups excluding tert-OH is 1. The highest BCUT2D eigenvalue weighted by atomic mass is 32.1. The van der Waals surface area contributed by atoms with Gasteiger partial charge in [0.2, 0.25) is 0 Å². The maximum absolute atomic E-state index is 12.8. The molecule has 1 aromatic heterocycles. The van der Waals surface area contributed by atoms with Crippen molar-refractivity contribution in [2.75, 3.05) is 6.61 Å². The second-order valence-corrected chi connectivity index (χ2v) is 5.06. The minimum atomic E-state index is -0.255. The lowest BCUT2D eigenvalue weighted by molar-refractivity contribution is 0.264. The number of benzene rings is 1. The smallest absolute Gasteiger partial charge is 0.123 e. The Bertz CT molecular complexity index is 480. The Morgan fingerprint density at radius 2 is 2.06 bits per heavy atom. The van der Waals surface area contributed by atoms with E-state index < -0.39 is 0 Å². The van der Waals surface area contributed by atoms with Crippen LogP contribution in [-0.2, 0) is 6.42 Å². The second kappa shape index (κ2) is 5.38. The van der Waals surface area contributed by atoms with Crippen LogP contribution in [0.2, 0.25) is 0 Å². The van der Waals surface area contributed by atoms with E-state index in [9.17, 15) is 9.50 Å². The van der Waals surface area contributed by atoms with Crippen molar-refractivity contribution in [3.8, 4) is 0 Å². The highest BCUT2D eigenvalue weighted by Gasteiger charge is 2.13. The fourth-order valence-electron chi connectivity index (χ4n) is 1.78.